The van der Waals surface area contributed by atoms with Gasteiger partial charge in [0, 0.05) is 11.1 Å². The van der Waals surface area contributed by atoms with Crippen LogP contribution in [-0.4, -0.2) is 5.97 Å². The molecule has 0 atom stereocenters. The first-order chi connectivity index (χ1) is 6.70. The first-order valence-electron chi connectivity index (χ1n) is 4.13. The number of rotatable bonds is 1. The minimum absolute atomic E-state index is 0.340. The summed E-state index contributed by atoms with van der Waals surface area (Å²) in [6, 6.07) is 9.30. The third-order valence-corrected chi connectivity index (χ3v) is 1.46. The fourth-order valence-electron chi connectivity index (χ4n) is 0.739. The lowest BCUT2D eigenvalue weighted by Gasteiger charge is -1.91. The average Bonchev–Trinajstić information content (AvgIpc) is 2.19. The molecule has 0 unspecified atom stereocenters. The van der Waals surface area contributed by atoms with Gasteiger partial charge in [0.25, 0.3) is 0 Å². The Kier molecular flexibility index (Phi) is 3.51. The van der Waals surface area contributed by atoms with Crippen LogP contribution >= 0.6 is 0 Å². The fourth-order valence-corrected chi connectivity index (χ4v) is 0.739. The highest BCUT2D eigenvalue weighted by molar-refractivity contribution is 5.87. The molecule has 14 heavy (non-hydrogen) atoms. The number of hydrogen-bond acceptors (Lipinski definition) is 2. The Morgan fingerprint density at radius 1 is 1.36 bits per heavy atom. The van der Waals surface area contributed by atoms with Crippen LogP contribution in [0.3, 0.4) is 0 Å². The van der Waals surface area contributed by atoms with Crippen LogP contribution in [0, 0.1) is 12.0 Å². The number of benzene rings is 1. The minimum atomic E-state index is -0.492. The largest absolute Gasteiger partial charge is 0.368 e. The third kappa shape index (κ3) is 3.16. The van der Waals surface area contributed by atoms with Gasteiger partial charge >= 0.3 is 5.97 Å². The van der Waals surface area contributed by atoms with Gasteiger partial charge in [0.05, 0.1) is 0 Å². The molecule has 0 bridgehead atoms. The average molecular weight is 186 g/mol. The van der Waals surface area contributed by atoms with Crippen molar-refractivity contribution in [2.24, 2.45) is 0 Å². The van der Waals surface area contributed by atoms with Gasteiger partial charge in [-0.05, 0) is 25.0 Å². The highest BCUT2D eigenvalue weighted by atomic mass is 16.5. The van der Waals surface area contributed by atoms with E-state index in [1.807, 2.05) is 30.3 Å². The van der Waals surface area contributed by atoms with Crippen molar-refractivity contribution in [2.75, 3.05) is 0 Å². The Labute approximate surface area is 83.2 Å². The maximum absolute atomic E-state index is 10.9. The number of carbonyl (C=O) groups is 1. The van der Waals surface area contributed by atoms with Gasteiger partial charge in [-0.15, -0.1) is 0 Å². The van der Waals surface area contributed by atoms with Crippen LogP contribution in [0.15, 0.2) is 42.5 Å². The molecule has 2 heteroatoms. The molecule has 1 rings (SSSR count). The normalized spacial score (nSPS) is 8.36. The SMILES string of the molecule is C=C(C)C(=O)OC#Cc1ccccc1. The maximum Gasteiger partial charge on any atom is 0.347 e. The van der Waals surface area contributed by atoms with Gasteiger partial charge in [0.1, 0.15) is 6.11 Å². The molecule has 2 nitrogen and oxygen atoms in total. The van der Waals surface area contributed by atoms with Crippen molar-refractivity contribution in [3.8, 4) is 12.0 Å². The first-order valence-corrected chi connectivity index (χ1v) is 4.13. The molecule has 0 radical (unpaired) electrons. The van der Waals surface area contributed by atoms with E-state index in [4.69, 9.17) is 0 Å². The van der Waals surface area contributed by atoms with E-state index < -0.39 is 5.97 Å². The molecular formula is C12H10O2. The number of esters is 1. The molecule has 1 aromatic rings. The molecule has 0 amide bonds. The standard InChI is InChI=1S/C12H10O2/c1-10(2)12(13)14-9-8-11-6-4-3-5-7-11/h3-7H,1H2,2H3. The Bertz CT molecular complexity index is 393. The highest BCUT2D eigenvalue weighted by Crippen LogP contribution is 1.95. The fraction of sp³-hybridized carbons (Fsp3) is 0.0833. The van der Waals surface area contributed by atoms with Crippen molar-refractivity contribution in [1.29, 1.82) is 0 Å². The van der Waals surface area contributed by atoms with Gasteiger partial charge in [-0.1, -0.05) is 24.8 Å². The van der Waals surface area contributed by atoms with E-state index in [9.17, 15) is 4.79 Å². The molecule has 0 saturated carbocycles. The Morgan fingerprint density at radius 3 is 2.57 bits per heavy atom. The summed E-state index contributed by atoms with van der Waals surface area (Å²) in [5, 5.41) is 0. The van der Waals surface area contributed by atoms with Gasteiger partial charge in [0.15, 0.2) is 0 Å². The molecule has 0 fully saturated rings. The van der Waals surface area contributed by atoms with Crippen LogP contribution in [0.4, 0.5) is 0 Å². The quantitative estimate of drug-likeness (QED) is 0.381. The van der Waals surface area contributed by atoms with E-state index in [0.717, 1.165) is 5.56 Å². The second-order valence-electron chi connectivity index (χ2n) is 2.76. The molecule has 0 saturated heterocycles. The first kappa shape index (κ1) is 10.1. The van der Waals surface area contributed by atoms with E-state index >= 15 is 0 Å². The number of ether oxygens (including phenoxy) is 1. The summed E-state index contributed by atoms with van der Waals surface area (Å²) >= 11 is 0. The summed E-state index contributed by atoms with van der Waals surface area (Å²) in [6.45, 7) is 5.01. The molecule has 0 aliphatic rings. The van der Waals surface area contributed by atoms with Crippen LogP contribution in [0.25, 0.3) is 0 Å². The van der Waals surface area contributed by atoms with Crippen LogP contribution in [0.1, 0.15) is 12.5 Å². The number of hydrogen-bond donors (Lipinski definition) is 0. The van der Waals surface area contributed by atoms with Crippen LogP contribution in [-0.2, 0) is 9.53 Å². The zero-order chi connectivity index (χ0) is 10.4. The topological polar surface area (TPSA) is 26.3 Å². The van der Waals surface area contributed by atoms with Gasteiger partial charge in [-0.3, -0.25) is 0 Å². The molecule has 0 aromatic heterocycles. The predicted molar refractivity (Wildman–Crippen MR) is 54.2 cm³/mol. The molecule has 0 aliphatic heterocycles. The second kappa shape index (κ2) is 4.88. The summed E-state index contributed by atoms with van der Waals surface area (Å²) in [6.07, 6.45) is 2.32. The molecular weight excluding hydrogens is 176 g/mol. The monoisotopic (exact) mass is 186 g/mol. The molecule has 0 heterocycles. The molecule has 0 N–H and O–H groups in total. The summed E-state index contributed by atoms with van der Waals surface area (Å²) in [7, 11) is 0. The summed E-state index contributed by atoms with van der Waals surface area (Å²) in [5.41, 5.74) is 1.15. The Hall–Kier alpha value is -2.01. The van der Waals surface area contributed by atoms with Crippen LogP contribution < -0.4 is 0 Å². The molecule has 0 spiro atoms. The van der Waals surface area contributed by atoms with E-state index in [-0.39, 0.29) is 0 Å². The lowest BCUT2D eigenvalue weighted by Crippen LogP contribution is -1.99. The predicted octanol–water partition coefficient (Wildman–Crippen LogP) is 2.11. The van der Waals surface area contributed by atoms with E-state index in [1.165, 1.54) is 0 Å². The van der Waals surface area contributed by atoms with Crippen molar-refractivity contribution in [3.05, 3.63) is 48.0 Å². The molecule has 1 aromatic carbocycles. The minimum Gasteiger partial charge on any atom is -0.368 e. The van der Waals surface area contributed by atoms with Crippen molar-refractivity contribution >= 4 is 5.97 Å². The molecule has 70 valence electrons. The zero-order valence-corrected chi connectivity index (χ0v) is 7.91. The number of carbonyl (C=O) groups excluding carboxylic acids is 1. The van der Waals surface area contributed by atoms with Crippen molar-refractivity contribution < 1.29 is 9.53 Å². The Morgan fingerprint density at radius 2 is 2.00 bits per heavy atom. The highest BCUT2D eigenvalue weighted by Gasteiger charge is 1.99. The summed E-state index contributed by atoms with van der Waals surface area (Å²) < 4.78 is 4.61. The van der Waals surface area contributed by atoms with Gasteiger partial charge in [0.2, 0.25) is 0 Å². The van der Waals surface area contributed by atoms with E-state index in [2.05, 4.69) is 23.3 Å². The van der Waals surface area contributed by atoms with Crippen LogP contribution in [0.5, 0.6) is 0 Å². The third-order valence-electron chi connectivity index (χ3n) is 1.46. The summed E-state index contributed by atoms with van der Waals surface area (Å²) in [5.74, 6) is 2.20. The molecule has 0 aliphatic carbocycles. The van der Waals surface area contributed by atoms with Gasteiger partial charge < -0.3 is 4.74 Å². The van der Waals surface area contributed by atoms with E-state index in [1.54, 1.807) is 6.92 Å². The second-order valence-corrected chi connectivity index (χ2v) is 2.76. The van der Waals surface area contributed by atoms with Crippen molar-refractivity contribution in [2.45, 2.75) is 6.92 Å². The van der Waals surface area contributed by atoms with E-state index in [0.29, 0.717) is 5.57 Å². The smallest absolute Gasteiger partial charge is 0.347 e. The zero-order valence-electron chi connectivity index (χ0n) is 7.91. The lowest BCUT2D eigenvalue weighted by atomic mass is 10.2. The van der Waals surface area contributed by atoms with Crippen molar-refractivity contribution in [1.82, 2.24) is 0 Å². The lowest BCUT2D eigenvalue weighted by molar-refractivity contribution is -0.132. The Balaban J connectivity index is 2.58. The summed E-state index contributed by atoms with van der Waals surface area (Å²) in [4.78, 5) is 10.9. The van der Waals surface area contributed by atoms with Gasteiger partial charge in [-0.2, -0.15) is 0 Å². The van der Waals surface area contributed by atoms with Crippen molar-refractivity contribution in [3.63, 3.8) is 0 Å². The van der Waals surface area contributed by atoms with Crippen LogP contribution in [0.2, 0.25) is 0 Å². The maximum atomic E-state index is 10.9. The van der Waals surface area contributed by atoms with Gasteiger partial charge in [-0.25, -0.2) is 4.79 Å².